The van der Waals surface area contributed by atoms with Gasteiger partial charge >= 0.3 is 0 Å². The molecular weight excluding hydrogens is 260 g/mol. The Morgan fingerprint density at radius 1 is 1.50 bits per heavy atom. The maximum Gasteiger partial charge on any atom is 0.278 e. The second-order valence-electron chi connectivity index (χ2n) is 5.23. The fourth-order valence-electron chi connectivity index (χ4n) is 2.39. The minimum absolute atomic E-state index is 0.0850. The monoisotopic (exact) mass is 278 g/mol. The highest BCUT2D eigenvalue weighted by Gasteiger charge is 2.28. The normalized spacial score (nSPS) is 22.9. The van der Waals surface area contributed by atoms with E-state index in [1.165, 1.54) is 6.33 Å². The number of nitrogens with zero attached hydrogens (tertiary/aromatic N) is 3. The number of hydrogen-bond donors (Lipinski definition) is 1. The Morgan fingerprint density at radius 2 is 2.35 bits per heavy atom. The number of aromatic amines is 1. The molecule has 0 saturated carbocycles. The lowest BCUT2D eigenvalue weighted by atomic mass is 10.2. The van der Waals surface area contributed by atoms with Crippen LogP contribution in [0.2, 0.25) is 0 Å². The molecule has 1 N–H and O–H groups in total. The summed E-state index contributed by atoms with van der Waals surface area (Å²) in [6.45, 7) is 4.60. The van der Waals surface area contributed by atoms with E-state index in [9.17, 15) is 4.79 Å². The number of rotatable bonds is 4. The quantitative estimate of drug-likeness (QED) is 0.909. The predicted molar refractivity (Wildman–Crippen MR) is 72.4 cm³/mol. The predicted octanol–water partition coefficient (Wildman–Crippen LogP) is 1.22. The van der Waals surface area contributed by atoms with Crippen molar-refractivity contribution in [1.82, 2.24) is 19.5 Å². The molecule has 0 amide bonds. The van der Waals surface area contributed by atoms with Crippen molar-refractivity contribution in [2.45, 2.75) is 45.1 Å². The molecule has 0 radical (unpaired) electrons. The van der Waals surface area contributed by atoms with E-state index in [1.54, 1.807) is 6.33 Å². The summed E-state index contributed by atoms with van der Waals surface area (Å²) in [6, 6.07) is 0. The van der Waals surface area contributed by atoms with Crippen LogP contribution in [0, 0.1) is 0 Å². The summed E-state index contributed by atoms with van der Waals surface area (Å²) in [7, 11) is 0. The van der Waals surface area contributed by atoms with Gasteiger partial charge in [0.05, 0.1) is 31.5 Å². The highest BCUT2D eigenvalue weighted by atomic mass is 16.6. The number of nitrogens with one attached hydrogen (secondary N) is 1. The van der Waals surface area contributed by atoms with Gasteiger partial charge in [0.2, 0.25) is 0 Å². The van der Waals surface area contributed by atoms with E-state index in [0.717, 1.165) is 12.8 Å². The maximum absolute atomic E-state index is 11.6. The molecule has 1 fully saturated rings. The molecule has 3 heterocycles. The number of fused-ring (bicyclic) bond motifs is 1. The van der Waals surface area contributed by atoms with Gasteiger partial charge in [-0.05, 0) is 26.7 Å². The second kappa shape index (κ2) is 5.34. The molecule has 2 aromatic rings. The molecule has 108 valence electrons. The van der Waals surface area contributed by atoms with Crippen molar-refractivity contribution in [1.29, 1.82) is 0 Å². The summed E-state index contributed by atoms with van der Waals surface area (Å²) >= 11 is 0. The Balaban J connectivity index is 1.76. The van der Waals surface area contributed by atoms with Gasteiger partial charge in [-0.1, -0.05) is 0 Å². The maximum atomic E-state index is 11.6. The van der Waals surface area contributed by atoms with E-state index in [4.69, 9.17) is 9.47 Å². The summed E-state index contributed by atoms with van der Waals surface area (Å²) in [5, 5.41) is 0. The SMILES string of the molecule is CC(C)OC[C@@H]1CC[C@H](n2cnc3c(=O)[nH]cnc32)O1. The Labute approximate surface area is 115 Å². The Morgan fingerprint density at radius 3 is 3.15 bits per heavy atom. The largest absolute Gasteiger partial charge is 0.376 e. The smallest absolute Gasteiger partial charge is 0.278 e. The van der Waals surface area contributed by atoms with Crippen LogP contribution in [0.3, 0.4) is 0 Å². The van der Waals surface area contributed by atoms with Crippen molar-refractivity contribution in [3.8, 4) is 0 Å². The van der Waals surface area contributed by atoms with Gasteiger partial charge in [-0.25, -0.2) is 9.97 Å². The van der Waals surface area contributed by atoms with E-state index in [2.05, 4.69) is 15.0 Å². The van der Waals surface area contributed by atoms with Crippen LogP contribution in [0.15, 0.2) is 17.4 Å². The summed E-state index contributed by atoms with van der Waals surface area (Å²) in [6.07, 6.45) is 4.95. The first-order chi connectivity index (χ1) is 9.65. The van der Waals surface area contributed by atoms with Crippen molar-refractivity contribution in [3.05, 3.63) is 23.0 Å². The third kappa shape index (κ3) is 2.46. The Hall–Kier alpha value is -1.73. The van der Waals surface area contributed by atoms with Gasteiger partial charge in [0, 0.05) is 0 Å². The minimum atomic E-state index is -0.230. The van der Waals surface area contributed by atoms with Crippen LogP contribution in [0.1, 0.15) is 32.9 Å². The molecule has 0 unspecified atom stereocenters. The fourth-order valence-corrected chi connectivity index (χ4v) is 2.39. The number of H-pyrrole nitrogens is 1. The third-order valence-electron chi connectivity index (χ3n) is 3.38. The number of imidazole rings is 1. The van der Waals surface area contributed by atoms with Gasteiger partial charge in [0.1, 0.15) is 6.23 Å². The van der Waals surface area contributed by atoms with Crippen molar-refractivity contribution in [2.24, 2.45) is 0 Å². The standard InChI is InChI=1S/C13H18N4O3/c1-8(2)19-5-9-3-4-10(20-9)17-7-16-11-12(17)14-6-15-13(11)18/h6-10H,3-5H2,1-2H3,(H,14,15,18)/t9-,10+/m0/s1. The molecule has 1 saturated heterocycles. The third-order valence-corrected chi connectivity index (χ3v) is 3.38. The van der Waals surface area contributed by atoms with Crippen LogP contribution in [0.5, 0.6) is 0 Å². The fraction of sp³-hybridized carbons (Fsp3) is 0.615. The van der Waals surface area contributed by atoms with Gasteiger partial charge < -0.3 is 14.5 Å². The topological polar surface area (TPSA) is 82.0 Å². The first kappa shape index (κ1) is 13.3. The zero-order chi connectivity index (χ0) is 14.1. The number of ether oxygens (including phenoxy) is 2. The summed E-state index contributed by atoms with van der Waals surface area (Å²) < 4.78 is 13.3. The average Bonchev–Trinajstić information content (AvgIpc) is 3.02. The van der Waals surface area contributed by atoms with Crippen molar-refractivity contribution in [2.75, 3.05) is 6.61 Å². The molecular formula is C13H18N4O3. The highest BCUT2D eigenvalue weighted by Crippen LogP contribution is 2.30. The van der Waals surface area contributed by atoms with Gasteiger partial charge in [-0.3, -0.25) is 9.36 Å². The number of hydrogen-bond acceptors (Lipinski definition) is 5. The van der Waals surface area contributed by atoms with Crippen LogP contribution >= 0.6 is 0 Å². The molecule has 3 rings (SSSR count). The molecule has 0 aliphatic carbocycles. The van der Waals surface area contributed by atoms with E-state index in [0.29, 0.717) is 17.8 Å². The van der Waals surface area contributed by atoms with Crippen LogP contribution in [-0.4, -0.2) is 38.3 Å². The molecule has 0 aromatic carbocycles. The lowest BCUT2D eigenvalue weighted by Crippen LogP contribution is -2.19. The zero-order valence-corrected chi connectivity index (χ0v) is 11.6. The molecule has 20 heavy (non-hydrogen) atoms. The molecule has 2 aromatic heterocycles. The number of aromatic nitrogens is 4. The molecule has 1 aliphatic rings. The van der Waals surface area contributed by atoms with Crippen LogP contribution in [0.25, 0.3) is 11.2 Å². The van der Waals surface area contributed by atoms with Gasteiger partial charge in [0.25, 0.3) is 5.56 Å². The molecule has 0 spiro atoms. The summed E-state index contributed by atoms with van der Waals surface area (Å²) in [5.41, 5.74) is 0.675. The Kier molecular flexibility index (Phi) is 3.54. The van der Waals surface area contributed by atoms with E-state index in [1.807, 2.05) is 18.4 Å². The van der Waals surface area contributed by atoms with Gasteiger partial charge in [-0.15, -0.1) is 0 Å². The molecule has 7 heteroatoms. The lowest BCUT2D eigenvalue weighted by molar-refractivity contribution is -0.0526. The molecule has 0 bridgehead atoms. The highest BCUT2D eigenvalue weighted by molar-refractivity contribution is 5.68. The van der Waals surface area contributed by atoms with Crippen LogP contribution in [-0.2, 0) is 9.47 Å². The van der Waals surface area contributed by atoms with Crippen molar-refractivity contribution in [3.63, 3.8) is 0 Å². The van der Waals surface area contributed by atoms with Crippen molar-refractivity contribution < 1.29 is 9.47 Å². The van der Waals surface area contributed by atoms with E-state index in [-0.39, 0.29) is 24.0 Å². The van der Waals surface area contributed by atoms with E-state index < -0.39 is 0 Å². The van der Waals surface area contributed by atoms with Crippen molar-refractivity contribution >= 4 is 11.2 Å². The van der Waals surface area contributed by atoms with Crippen LogP contribution in [0.4, 0.5) is 0 Å². The summed E-state index contributed by atoms with van der Waals surface area (Å²) in [4.78, 5) is 22.4. The second-order valence-corrected chi connectivity index (χ2v) is 5.23. The summed E-state index contributed by atoms with van der Waals surface area (Å²) in [5.74, 6) is 0. The van der Waals surface area contributed by atoms with Gasteiger partial charge in [-0.2, -0.15) is 0 Å². The van der Waals surface area contributed by atoms with Crippen LogP contribution < -0.4 is 5.56 Å². The average molecular weight is 278 g/mol. The Bertz CT molecular complexity index is 648. The molecule has 2 atom stereocenters. The zero-order valence-electron chi connectivity index (χ0n) is 11.6. The minimum Gasteiger partial charge on any atom is -0.376 e. The molecule has 1 aliphatic heterocycles. The van der Waals surface area contributed by atoms with E-state index >= 15 is 0 Å². The van der Waals surface area contributed by atoms with Gasteiger partial charge in [0.15, 0.2) is 11.2 Å². The first-order valence-electron chi connectivity index (χ1n) is 6.82. The lowest BCUT2D eigenvalue weighted by Gasteiger charge is -2.16. The molecule has 7 nitrogen and oxygen atoms in total. The first-order valence-corrected chi connectivity index (χ1v) is 6.82.